The van der Waals surface area contributed by atoms with Crippen LogP contribution in [0.2, 0.25) is 5.02 Å². The average Bonchev–Trinajstić information content (AvgIpc) is 3.21. The molecule has 0 unspecified atom stereocenters. The van der Waals surface area contributed by atoms with Crippen molar-refractivity contribution in [2.45, 2.75) is 9.24 Å². The number of nitrogens with one attached hydrogen (secondary N) is 2. The molecule has 2 N–H and O–H groups in total. The lowest BCUT2D eigenvalue weighted by molar-refractivity contribution is 0.262. The van der Waals surface area contributed by atoms with Gasteiger partial charge in [-0.2, -0.15) is 0 Å². The smallest absolute Gasteiger partial charge is 0.324 e. The fourth-order valence-corrected chi connectivity index (χ4v) is 4.95. The number of methoxy groups -OCH3 is 2. The van der Waals surface area contributed by atoms with Crippen molar-refractivity contribution in [3.63, 3.8) is 0 Å². The Morgan fingerprint density at radius 2 is 1.84 bits per heavy atom. The maximum absolute atomic E-state index is 12.3. The second-order valence-electron chi connectivity index (χ2n) is 6.18. The zero-order valence-corrected chi connectivity index (χ0v) is 18.9. The van der Waals surface area contributed by atoms with Crippen LogP contribution in [0, 0.1) is 0 Å². The summed E-state index contributed by atoms with van der Waals surface area (Å²) in [4.78, 5) is 22.1. The number of hydrogen-bond donors (Lipinski definition) is 2. The van der Waals surface area contributed by atoms with E-state index in [1.54, 1.807) is 50.9 Å². The molecule has 2 aromatic carbocycles. The third-order valence-electron chi connectivity index (χ3n) is 4.25. The summed E-state index contributed by atoms with van der Waals surface area (Å²) < 4.78 is 11.5. The van der Waals surface area contributed by atoms with Crippen LogP contribution in [0.5, 0.6) is 11.5 Å². The SMILES string of the molecule is COc1cc2nccc(Sc3ncc(NC(=O)Nc4ccccc4Cl)s3)c2cc1OC. The van der Waals surface area contributed by atoms with Gasteiger partial charge in [-0.05, 0) is 24.3 Å². The molecule has 0 aliphatic rings. The van der Waals surface area contributed by atoms with Gasteiger partial charge in [0.2, 0.25) is 0 Å². The van der Waals surface area contributed by atoms with E-state index in [-0.39, 0.29) is 6.03 Å². The van der Waals surface area contributed by atoms with Gasteiger partial charge in [-0.3, -0.25) is 10.3 Å². The average molecular weight is 473 g/mol. The number of benzene rings is 2. The van der Waals surface area contributed by atoms with Crippen LogP contribution in [0.15, 0.2) is 64.1 Å². The highest BCUT2D eigenvalue weighted by Gasteiger charge is 2.13. The van der Waals surface area contributed by atoms with Crippen molar-refractivity contribution in [3.05, 3.63) is 59.9 Å². The Morgan fingerprint density at radius 1 is 1.06 bits per heavy atom. The summed E-state index contributed by atoms with van der Waals surface area (Å²) in [6.45, 7) is 0. The topological polar surface area (TPSA) is 85.4 Å². The summed E-state index contributed by atoms with van der Waals surface area (Å²) in [7, 11) is 3.19. The Hall–Kier alpha value is -3.01. The van der Waals surface area contributed by atoms with Gasteiger partial charge in [0.1, 0.15) is 5.00 Å². The molecular weight excluding hydrogens is 456 g/mol. The minimum atomic E-state index is -0.389. The van der Waals surface area contributed by atoms with E-state index in [0.29, 0.717) is 27.2 Å². The number of carbonyl (C=O) groups is 1. The molecule has 4 rings (SSSR count). The van der Waals surface area contributed by atoms with E-state index in [1.165, 1.54) is 23.1 Å². The third kappa shape index (κ3) is 4.84. The molecule has 0 atom stereocenters. The summed E-state index contributed by atoms with van der Waals surface area (Å²) in [5.41, 5.74) is 1.32. The number of aromatic nitrogens is 2. The van der Waals surface area contributed by atoms with E-state index in [9.17, 15) is 4.79 Å². The lowest BCUT2D eigenvalue weighted by Gasteiger charge is -2.10. The van der Waals surface area contributed by atoms with Crippen molar-refractivity contribution in [1.29, 1.82) is 0 Å². The zero-order chi connectivity index (χ0) is 21.8. The number of pyridine rings is 1. The number of carbonyl (C=O) groups excluding carboxylic acids is 1. The zero-order valence-electron chi connectivity index (χ0n) is 16.5. The van der Waals surface area contributed by atoms with Crippen molar-refractivity contribution >= 4 is 62.3 Å². The van der Waals surface area contributed by atoms with Crippen molar-refractivity contribution in [1.82, 2.24) is 9.97 Å². The van der Waals surface area contributed by atoms with Crippen molar-refractivity contribution in [3.8, 4) is 11.5 Å². The standard InChI is InChI=1S/C21H17ClN4O3S2/c1-28-16-9-12-15(10-17(16)29-2)23-8-7-18(12)30-21-24-11-19(31-21)26-20(27)25-14-6-4-3-5-13(14)22/h3-11H,1-2H3,(H2,25,26,27). The molecule has 2 aromatic heterocycles. The Labute approximate surface area is 191 Å². The predicted octanol–water partition coefficient (Wildman–Crippen LogP) is 6.16. The first-order valence-corrected chi connectivity index (χ1v) is 11.1. The van der Waals surface area contributed by atoms with Crippen LogP contribution in [0.25, 0.3) is 10.9 Å². The highest BCUT2D eigenvalue weighted by Crippen LogP contribution is 2.40. The number of nitrogens with zero attached hydrogens (tertiary/aromatic N) is 2. The van der Waals surface area contributed by atoms with Crippen molar-refractivity contribution < 1.29 is 14.3 Å². The van der Waals surface area contributed by atoms with Gasteiger partial charge in [-0.15, -0.1) is 0 Å². The molecule has 0 radical (unpaired) electrons. The number of hydrogen-bond acceptors (Lipinski definition) is 7. The van der Waals surface area contributed by atoms with E-state index in [4.69, 9.17) is 21.1 Å². The monoisotopic (exact) mass is 472 g/mol. The lowest BCUT2D eigenvalue weighted by Crippen LogP contribution is -2.18. The summed E-state index contributed by atoms with van der Waals surface area (Å²) in [6.07, 6.45) is 3.35. The summed E-state index contributed by atoms with van der Waals surface area (Å²) in [5.74, 6) is 1.25. The van der Waals surface area contributed by atoms with Gasteiger partial charge in [0.25, 0.3) is 0 Å². The van der Waals surface area contributed by atoms with E-state index < -0.39 is 0 Å². The first kappa shape index (κ1) is 21.2. The van der Waals surface area contributed by atoms with Crippen LogP contribution in [0.1, 0.15) is 0 Å². The van der Waals surface area contributed by atoms with Gasteiger partial charge >= 0.3 is 6.03 Å². The highest BCUT2D eigenvalue weighted by molar-refractivity contribution is 8.01. The second kappa shape index (κ2) is 9.42. The molecule has 0 aliphatic heterocycles. The summed E-state index contributed by atoms with van der Waals surface area (Å²) >= 11 is 8.93. The van der Waals surface area contributed by atoms with Crippen LogP contribution < -0.4 is 20.1 Å². The number of fused-ring (bicyclic) bond motifs is 1. The summed E-state index contributed by atoms with van der Waals surface area (Å²) in [6, 6.07) is 12.3. The molecule has 0 saturated heterocycles. The van der Waals surface area contributed by atoms with Crippen LogP contribution in [-0.4, -0.2) is 30.2 Å². The highest BCUT2D eigenvalue weighted by atomic mass is 35.5. The molecule has 0 spiro atoms. The third-order valence-corrected chi connectivity index (χ3v) is 6.64. The van der Waals surface area contributed by atoms with Gasteiger partial charge in [-0.1, -0.05) is 46.8 Å². The molecule has 7 nitrogen and oxygen atoms in total. The van der Waals surface area contributed by atoms with Crippen LogP contribution in [0.3, 0.4) is 0 Å². The number of ether oxygens (including phenoxy) is 2. The van der Waals surface area contributed by atoms with E-state index in [1.807, 2.05) is 18.2 Å². The number of para-hydroxylation sites is 1. The molecule has 4 aromatic rings. The Morgan fingerprint density at radius 3 is 2.61 bits per heavy atom. The van der Waals surface area contributed by atoms with Gasteiger partial charge in [-0.25, -0.2) is 9.78 Å². The van der Waals surface area contributed by atoms with Gasteiger partial charge in [0.05, 0.1) is 36.6 Å². The van der Waals surface area contributed by atoms with Crippen LogP contribution in [0.4, 0.5) is 15.5 Å². The molecule has 0 fully saturated rings. The fourth-order valence-electron chi connectivity index (χ4n) is 2.82. The molecule has 158 valence electrons. The van der Waals surface area contributed by atoms with E-state index in [0.717, 1.165) is 20.1 Å². The Bertz CT molecular complexity index is 1250. The molecule has 31 heavy (non-hydrogen) atoms. The fraction of sp³-hybridized carbons (Fsp3) is 0.0952. The number of halogens is 1. The molecule has 10 heteroatoms. The normalized spacial score (nSPS) is 10.7. The van der Waals surface area contributed by atoms with Crippen LogP contribution in [-0.2, 0) is 0 Å². The van der Waals surface area contributed by atoms with Gasteiger partial charge in [0, 0.05) is 22.5 Å². The van der Waals surface area contributed by atoms with Crippen molar-refractivity contribution in [2.75, 3.05) is 24.9 Å². The number of amides is 2. The van der Waals surface area contributed by atoms with Gasteiger partial charge < -0.3 is 14.8 Å². The molecule has 2 heterocycles. The molecule has 2 amide bonds. The predicted molar refractivity (Wildman–Crippen MR) is 125 cm³/mol. The molecule has 0 aliphatic carbocycles. The maximum Gasteiger partial charge on any atom is 0.324 e. The first-order chi connectivity index (χ1) is 15.1. The van der Waals surface area contributed by atoms with Crippen LogP contribution >= 0.6 is 34.7 Å². The number of urea groups is 1. The van der Waals surface area contributed by atoms with Gasteiger partial charge in [0.15, 0.2) is 15.8 Å². The van der Waals surface area contributed by atoms with Crippen molar-refractivity contribution in [2.24, 2.45) is 0 Å². The molecular formula is C21H17ClN4O3S2. The van der Waals surface area contributed by atoms with E-state index >= 15 is 0 Å². The minimum absolute atomic E-state index is 0.389. The van der Waals surface area contributed by atoms with E-state index in [2.05, 4.69) is 20.6 Å². The number of anilines is 2. The lowest BCUT2D eigenvalue weighted by atomic mass is 10.2. The largest absolute Gasteiger partial charge is 0.493 e. The maximum atomic E-state index is 12.3. The Kier molecular flexibility index (Phi) is 6.45. The quantitative estimate of drug-likeness (QED) is 0.349. The first-order valence-electron chi connectivity index (χ1n) is 9.04. The molecule has 0 saturated carbocycles. The number of rotatable bonds is 6. The number of thiazole rings is 1. The summed E-state index contributed by atoms with van der Waals surface area (Å²) in [5, 5.41) is 7.51. The molecule has 0 bridgehead atoms. The Balaban J connectivity index is 1.50. The second-order valence-corrected chi connectivity index (χ2v) is 8.91. The minimum Gasteiger partial charge on any atom is -0.493 e.